The average Bonchev–Trinajstić information content (AvgIpc) is 2.75. The van der Waals surface area contributed by atoms with E-state index in [-0.39, 0.29) is 11.9 Å². The SMILES string of the molecule is COc1ccc(CN(C)[C@H](C(=O)N2CCOCC2)c2ccccc2)cc1OC. The number of carbonyl (C=O) groups is 1. The van der Waals surface area contributed by atoms with E-state index in [4.69, 9.17) is 14.2 Å². The lowest BCUT2D eigenvalue weighted by Gasteiger charge is -2.34. The molecule has 0 aliphatic carbocycles. The number of likely N-dealkylation sites (N-methyl/N-ethyl adjacent to an activating group) is 1. The van der Waals surface area contributed by atoms with Gasteiger partial charge in [-0.2, -0.15) is 0 Å². The smallest absolute Gasteiger partial charge is 0.244 e. The summed E-state index contributed by atoms with van der Waals surface area (Å²) in [5.74, 6) is 1.49. The molecule has 6 nitrogen and oxygen atoms in total. The lowest BCUT2D eigenvalue weighted by atomic mass is 10.0. The Morgan fingerprint density at radius 1 is 1.07 bits per heavy atom. The number of methoxy groups -OCH3 is 2. The normalized spacial score (nSPS) is 15.4. The zero-order chi connectivity index (χ0) is 19.9. The molecule has 0 aromatic heterocycles. The van der Waals surface area contributed by atoms with E-state index in [1.807, 2.05) is 60.5 Å². The predicted molar refractivity (Wildman–Crippen MR) is 108 cm³/mol. The highest BCUT2D eigenvalue weighted by molar-refractivity contribution is 5.83. The Morgan fingerprint density at radius 3 is 2.39 bits per heavy atom. The first-order valence-corrected chi connectivity index (χ1v) is 9.46. The predicted octanol–water partition coefficient (Wildman–Crippen LogP) is 2.74. The van der Waals surface area contributed by atoms with Crippen LogP contribution < -0.4 is 9.47 Å². The summed E-state index contributed by atoms with van der Waals surface area (Å²) in [5.41, 5.74) is 2.04. The van der Waals surface area contributed by atoms with Crippen LogP contribution >= 0.6 is 0 Å². The van der Waals surface area contributed by atoms with Crippen molar-refractivity contribution in [3.63, 3.8) is 0 Å². The summed E-state index contributed by atoms with van der Waals surface area (Å²) >= 11 is 0. The molecule has 1 amide bonds. The molecule has 3 rings (SSSR count). The van der Waals surface area contributed by atoms with Gasteiger partial charge >= 0.3 is 0 Å². The van der Waals surface area contributed by atoms with Crippen molar-refractivity contribution >= 4 is 5.91 Å². The Bertz CT molecular complexity index is 775. The molecule has 0 spiro atoms. The summed E-state index contributed by atoms with van der Waals surface area (Å²) in [4.78, 5) is 17.3. The number of amides is 1. The van der Waals surface area contributed by atoms with Crippen LogP contribution in [0.4, 0.5) is 0 Å². The van der Waals surface area contributed by atoms with Gasteiger partial charge < -0.3 is 19.1 Å². The van der Waals surface area contributed by atoms with E-state index in [1.165, 1.54) is 0 Å². The van der Waals surface area contributed by atoms with E-state index in [2.05, 4.69) is 4.90 Å². The third-order valence-electron chi connectivity index (χ3n) is 4.99. The van der Waals surface area contributed by atoms with Gasteiger partial charge in [-0.1, -0.05) is 36.4 Å². The average molecular weight is 384 g/mol. The van der Waals surface area contributed by atoms with Gasteiger partial charge in [-0.3, -0.25) is 9.69 Å². The number of morpholine rings is 1. The van der Waals surface area contributed by atoms with Crippen molar-refractivity contribution in [2.75, 3.05) is 47.6 Å². The fraction of sp³-hybridized carbons (Fsp3) is 0.409. The number of hydrogen-bond acceptors (Lipinski definition) is 5. The van der Waals surface area contributed by atoms with Gasteiger partial charge in [-0.05, 0) is 30.3 Å². The highest BCUT2D eigenvalue weighted by Crippen LogP contribution is 2.30. The van der Waals surface area contributed by atoms with Gasteiger partial charge in [0.25, 0.3) is 0 Å². The van der Waals surface area contributed by atoms with Crippen molar-refractivity contribution in [3.05, 3.63) is 59.7 Å². The molecule has 1 atom stereocenters. The van der Waals surface area contributed by atoms with Crippen molar-refractivity contribution in [2.45, 2.75) is 12.6 Å². The van der Waals surface area contributed by atoms with Gasteiger partial charge in [-0.15, -0.1) is 0 Å². The third-order valence-corrected chi connectivity index (χ3v) is 4.99. The zero-order valence-corrected chi connectivity index (χ0v) is 16.8. The first kappa shape index (κ1) is 20.2. The van der Waals surface area contributed by atoms with Gasteiger partial charge in [0.2, 0.25) is 5.91 Å². The van der Waals surface area contributed by atoms with Crippen LogP contribution in [0.3, 0.4) is 0 Å². The first-order valence-electron chi connectivity index (χ1n) is 9.46. The summed E-state index contributed by atoms with van der Waals surface area (Å²) in [7, 11) is 5.23. The van der Waals surface area contributed by atoms with Gasteiger partial charge in [0.1, 0.15) is 6.04 Å². The summed E-state index contributed by atoms with van der Waals surface area (Å²) in [6, 6.07) is 15.4. The van der Waals surface area contributed by atoms with Crippen molar-refractivity contribution in [2.24, 2.45) is 0 Å². The summed E-state index contributed by atoms with van der Waals surface area (Å²) in [5, 5.41) is 0. The second-order valence-electron chi connectivity index (χ2n) is 6.86. The van der Waals surface area contributed by atoms with Gasteiger partial charge in [0, 0.05) is 19.6 Å². The molecular formula is C22H28N2O4. The molecule has 6 heteroatoms. The van der Waals surface area contributed by atoms with Crippen LogP contribution in [0.25, 0.3) is 0 Å². The van der Waals surface area contributed by atoms with Gasteiger partial charge in [-0.25, -0.2) is 0 Å². The van der Waals surface area contributed by atoms with Crippen LogP contribution in [0.15, 0.2) is 48.5 Å². The summed E-state index contributed by atoms with van der Waals surface area (Å²) in [6.07, 6.45) is 0. The topological polar surface area (TPSA) is 51.2 Å². The highest BCUT2D eigenvalue weighted by Gasteiger charge is 2.30. The number of hydrogen-bond donors (Lipinski definition) is 0. The largest absolute Gasteiger partial charge is 0.493 e. The summed E-state index contributed by atoms with van der Waals surface area (Å²) < 4.78 is 16.1. The minimum Gasteiger partial charge on any atom is -0.493 e. The fourth-order valence-corrected chi connectivity index (χ4v) is 3.54. The highest BCUT2D eigenvalue weighted by atomic mass is 16.5. The molecule has 1 aliphatic rings. The Balaban J connectivity index is 1.84. The molecule has 1 aliphatic heterocycles. The van der Waals surface area contributed by atoms with Gasteiger partial charge in [0.15, 0.2) is 11.5 Å². The standard InChI is InChI=1S/C22H28N2O4/c1-23(16-17-9-10-19(26-2)20(15-17)27-3)21(18-7-5-4-6-8-18)22(25)24-11-13-28-14-12-24/h4-10,15,21H,11-14,16H2,1-3H3/t21-/m0/s1. The molecule has 2 aromatic carbocycles. The molecule has 1 saturated heterocycles. The number of nitrogens with zero attached hydrogens (tertiary/aromatic N) is 2. The van der Waals surface area contributed by atoms with E-state index in [0.717, 1.165) is 11.1 Å². The van der Waals surface area contributed by atoms with Crippen LogP contribution in [-0.4, -0.2) is 63.3 Å². The molecule has 0 N–H and O–H groups in total. The lowest BCUT2D eigenvalue weighted by molar-refractivity contribution is -0.141. The van der Waals surface area contributed by atoms with Gasteiger partial charge in [0.05, 0.1) is 27.4 Å². The van der Waals surface area contributed by atoms with E-state index in [9.17, 15) is 4.79 Å². The Hall–Kier alpha value is -2.57. The number of benzene rings is 2. The Kier molecular flexibility index (Phi) is 6.90. The van der Waals surface area contributed by atoms with Crippen LogP contribution in [-0.2, 0) is 16.1 Å². The molecule has 0 radical (unpaired) electrons. The van der Waals surface area contributed by atoms with E-state index < -0.39 is 0 Å². The molecule has 1 heterocycles. The molecule has 150 valence electrons. The van der Waals surface area contributed by atoms with Crippen molar-refractivity contribution in [1.29, 1.82) is 0 Å². The van der Waals surface area contributed by atoms with Crippen molar-refractivity contribution < 1.29 is 19.0 Å². The second-order valence-corrected chi connectivity index (χ2v) is 6.86. The molecule has 0 unspecified atom stereocenters. The third kappa shape index (κ3) is 4.64. The molecular weight excluding hydrogens is 356 g/mol. The minimum absolute atomic E-state index is 0.109. The summed E-state index contributed by atoms with van der Waals surface area (Å²) in [6.45, 7) is 3.05. The second kappa shape index (κ2) is 9.57. The minimum atomic E-state index is -0.354. The maximum Gasteiger partial charge on any atom is 0.244 e. The van der Waals surface area contributed by atoms with E-state index in [0.29, 0.717) is 44.3 Å². The Labute approximate surface area is 166 Å². The fourth-order valence-electron chi connectivity index (χ4n) is 3.54. The van der Waals surface area contributed by atoms with Crippen LogP contribution in [0.1, 0.15) is 17.2 Å². The maximum absolute atomic E-state index is 13.3. The number of ether oxygens (including phenoxy) is 3. The monoisotopic (exact) mass is 384 g/mol. The van der Waals surface area contributed by atoms with E-state index >= 15 is 0 Å². The quantitative estimate of drug-likeness (QED) is 0.735. The van der Waals surface area contributed by atoms with Crippen LogP contribution in [0, 0.1) is 0 Å². The van der Waals surface area contributed by atoms with Crippen molar-refractivity contribution in [3.8, 4) is 11.5 Å². The number of carbonyl (C=O) groups excluding carboxylic acids is 1. The van der Waals surface area contributed by atoms with E-state index in [1.54, 1.807) is 14.2 Å². The lowest BCUT2D eigenvalue weighted by Crippen LogP contribution is -2.46. The Morgan fingerprint density at radius 2 is 1.75 bits per heavy atom. The molecule has 0 saturated carbocycles. The van der Waals surface area contributed by atoms with Crippen LogP contribution in [0.5, 0.6) is 11.5 Å². The molecule has 2 aromatic rings. The number of rotatable bonds is 7. The van der Waals surface area contributed by atoms with Crippen molar-refractivity contribution in [1.82, 2.24) is 9.80 Å². The molecule has 28 heavy (non-hydrogen) atoms. The van der Waals surface area contributed by atoms with Crippen LogP contribution in [0.2, 0.25) is 0 Å². The molecule has 0 bridgehead atoms. The molecule has 1 fully saturated rings. The maximum atomic E-state index is 13.3. The zero-order valence-electron chi connectivity index (χ0n) is 16.8. The first-order chi connectivity index (χ1) is 13.6.